The molecular formula is C7H10I2O2. The van der Waals surface area contributed by atoms with Crippen LogP contribution in [-0.4, -0.2) is 14.0 Å². The standard InChI is InChI=1S/C7H10I2O2/c1-3-11-5(10)6(2)4-7(6,8)9/h3-4H2,1-2H3/t6-/m1/s1. The Kier molecular flexibility index (Phi) is 2.74. The van der Waals surface area contributed by atoms with Crippen molar-refractivity contribution in [3.8, 4) is 0 Å². The molecule has 1 saturated carbocycles. The van der Waals surface area contributed by atoms with E-state index in [9.17, 15) is 4.79 Å². The molecule has 4 heteroatoms. The van der Waals surface area contributed by atoms with E-state index in [0.717, 1.165) is 6.42 Å². The third kappa shape index (κ3) is 1.66. The maximum atomic E-state index is 11.3. The van der Waals surface area contributed by atoms with Gasteiger partial charge in [0.05, 0.1) is 13.5 Å². The maximum Gasteiger partial charge on any atom is 0.314 e. The van der Waals surface area contributed by atoms with Gasteiger partial charge in [-0.15, -0.1) is 0 Å². The Morgan fingerprint density at radius 3 is 2.36 bits per heavy atom. The molecule has 0 aromatic carbocycles. The zero-order chi connectivity index (χ0) is 8.70. The lowest BCUT2D eigenvalue weighted by atomic mass is 10.1. The monoisotopic (exact) mass is 380 g/mol. The minimum absolute atomic E-state index is 0.0520. The van der Waals surface area contributed by atoms with E-state index in [0.29, 0.717) is 6.61 Å². The number of carbonyl (C=O) groups is 1. The molecule has 0 unspecified atom stereocenters. The molecule has 0 radical (unpaired) electrons. The Labute approximate surface area is 93.7 Å². The van der Waals surface area contributed by atoms with E-state index < -0.39 is 0 Å². The number of ether oxygens (including phenoxy) is 1. The number of halogens is 2. The highest BCUT2D eigenvalue weighted by Crippen LogP contribution is 2.67. The minimum Gasteiger partial charge on any atom is -0.466 e. The van der Waals surface area contributed by atoms with Gasteiger partial charge in [0, 0.05) is 0 Å². The van der Waals surface area contributed by atoms with Crippen LogP contribution in [0.2, 0.25) is 0 Å². The van der Waals surface area contributed by atoms with Crippen LogP contribution in [0.1, 0.15) is 20.3 Å². The molecular weight excluding hydrogens is 370 g/mol. The smallest absolute Gasteiger partial charge is 0.314 e. The molecule has 0 aromatic rings. The second-order valence-electron chi connectivity index (χ2n) is 2.93. The molecule has 0 saturated heterocycles. The number of hydrogen-bond donors (Lipinski definition) is 0. The van der Waals surface area contributed by atoms with Gasteiger partial charge in [-0.1, -0.05) is 45.2 Å². The number of rotatable bonds is 2. The van der Waals surface area contributed by atoms with Gasteiger partial charge in [0.15, 0.2) is 0 Å². The minimum atomic E-state index is -0.232. The van der Waals surface area contributed by atoms with Gasteiger partial charge in [-0.3, -0.25) is 4.79 Å². The van der Waals surface area contributed by atoms with Crippen LogP contribution < -0.4 is 0 Å². The van der Waals surface area contributed by atoms with Crippen molar-refractivity contribution < 1.29 is 9.53 Å². The van der Waals surface area contributed by atoms with Crippen LogP contribution in [0, 0.1) is 5.41 Å². The van der Waals surface area contributed by atoms with E-state index >= 15 is 0 Å². The predicted molar refractivity (Wildman–Crippen MR) is 60.1 cm³/mol. The summed E-state index contributed by atoms with van der Waals surface area (Å²) in [5, 5.41) is 0. The van der Waals surface area contributed by atoms with Gasteiger partial charge in [0.1, 0.15) is 0 Å². The number of hydrogen-bond acceptors (Lipinski definition) is 2. The van der Waals surface area contributed by atoms with Crippen LogP contribution in [0.5, 0.6) is 0 Å². The topological polar surface area (TPSA) is 26.3 Å². The van der Waals surface area contributed by atoms with Crippen LogP contribution >= 0.6 is 45.2 Å². The third-order valence-electron chi connectivity index (χ3n) is 1.98. The molecule has 0 aliphatic heterocycles. The van der Waals surface area contributed by atoms with Crippen molar-refractivity contribution in [3.63, 3.8) is 0 Å². The summed E-state index contributed by atoms with van der Waals surface area (Å²) in [5.74, 6) is -0.0520. The van der Waals surface area contributed by atoms with Crippen LogP contribution in [0.3, 0.4) is 0 Å². The van der Waals surface area contributed by atoms with E-state index in [1.54, 1.807) is 0 Å². The van der Waals surface area contributed by atoms with E-state index in [1.165, 1.54) is 0 Å². The Morgan fingerprint density at radius 2 is 2.09 bits per heavy atom. The van der Waals surface area contributed by atoms with Crippen molar-refractivity contribution in [2.45, 2.75) is 21.7 Å². The first-order valence-corrected chi connectivity index (χ1v) is 5.65. The summed E-state index contributed by atoms with van der Waals surface area (Å²) >= 11 is 4.62. The van der Waals surface area contributed by atoms with Gasteiger partial charge in [-0.05, 0) is 20.3 Å². The summed E-state index contributed by atoms with van der Waals surface area (Å²) in [6, 6.07) is 0. The van der Waals surface area contributed by atoms with Gasteiger partial charge < -0.3 is 4.74 Å². The normalized spacial score (nSPS) is 33.1. The fourth-order valence-electron chi connectivity index (χ4n) is 0.912. The Bertz CT molecular complexity index is 191. The van der Waals surface area contributed by atoms with Crippen LogP contribution in [0.25, 0.3) is 0 Å². The Morgan fingerprint density at radius 1 is 1.64 bits per heavy atom. The molecule has 2 nitrogen and oxygen atoms in total. The van der Waals surface area contributed by atoms with Gasteiger partial charge in [0.25, 0.3) is 0 Å². The first kappa shape index (κ1) is 10.0. The van der Waals surface area contributed by atoms with Gasteiger partial charge >= 0.3 is 5.97 Å². The first-order chi connectivity index (χ1) is 4.94. The summed E-state index contributed by atoms with van der Waals surface area (Å²) in [5.41, 5.74) is -0.232. The summed E-state index contributed by atoms with van der Waals surface area (Å²) in [6.07, 6.45) is 0.931. The average molecular weight is 380 g/mol. The highest BCUT2D eigenvalue weighted by Gasteiger charge is 2.67. The maximum absolute atomic E-state index is 11.3. The number of esters is 1. The van der Waals surface area contributed by atoms with Crippen molar-refractivity contribution in [1.82, 2.24) is 0 Å². The van der Waals surface area contributed by atoms with E-state index in [1.807, 2.05) is 13.8 Å². The molecule has 1 fully saturated rings. The third-order valence-corrected chi connectivity index (χ3v) is 5.13. The van der Waals surface area contributed by atoms with Crippen molar-refractivity contribution in [3.05, 3.63) is 0 Å². The highest BCUT2D eigenvalue weighted by molar-refractivity contribution is 14.2. The van der Waals surface area contributed by atoms with Crippen LogP contribution in [-0.2, 0) is 9.53 Å². The molecule has 0 bridgehead atoms. The second-order valence-corrected chi connectivity index (χ2v) is 8.68. The Balaban J connectivity index is 2.57. The SMILES string of the molecule is CCOC(=O)[C@@]1(C)CC1(I)I. The zero-order valence-corrected chi connectivity index (χ0v) is 10.8. The lowest BCUT2D eigenvalue weighted by Gasteiger charge is -2.10. The summed E-state index contributed by atoms with van der Waals surface area (Å²) in [6.45, 7) is 4.29. The number of alkyl halides is 2. The first-order valence-electron chi connectivity index (χ1n) is 3.49. The molecule has 0 spiro atoms. The average Bonchev–Trinajstić information content (AvgIpc) is 2.35. The molecule has 1 rings (SSSR count). The van der Waals surface area contributed by atoms with Gasteiger partial charge in [-0.2, -0.15) is 0 Å². The van der Waals surface area contributed by atoms with Crippen LogP contribution in [0.15, 0.2) is 0 Å². The Hall–Kier alpha value is 0.930. The molecule has 0 amide bonds. The van der Waals surface area contributed by atoms with E-state index in [2.05, 4.69) is 45.2 Å². The summed E-state index contributed by atoms with van der Waals surface area (Å²) in [4.78, 5) is 11.3. The van der Waals surface area contributed by atoms with E-state index in [-0.39, 0.29) is 12.8 Å². The summed E-state index contributed by atoms with van der Waals surface area (Å²) in [7, 11) is 0. The summed E-state index contributed by atoms with van der Waals surface area (Å²) < 4.78 is 5.05. The van der Waals surface area contributed by atoms with Crippen LogP contribution in [0.4, 0.5) is 0 Å². The predicted octanol–water partition coefficient (Wildman–Crippen LogP) is 2.53. The molecule has 11 heavy (non-hydrogen) atoms. The lowest BCUT2D eigenvalue weighted by molar-refractivity contribution is -0.148. The van der Waals surface area contributed by atoms with Gasteiger partial charge in [-0.25, -0.2) is 0 Å². The lowest BCUT2D eigenvalue weighted by Crippen LogP contribution is -2.20. The van der Waals surface area contributed by atoms with Crippen molar-refractivity contribution in [1.29, 1.82) is 0 Å². The molecule has 0 heterocycles. The van der Waals surface area contributed by atoms with Gasteiger partial charge in [0.2, 0.25) is 0 Å². The molecule has 0 aromatic heterocycles. The molecule has 1 aliphatic carbocycles. The fourth-order valence-corrected chi connectivity index (χ4v) is 2.88. The molecule has 0 N–H and O–H groups in total. The second kappa shape index (κ2) is 3.01. The largest absolute Gasteiger partial charge is 0.466 e. The zero-order valence-electron chi connectivity index (χ0n) is 6.49. The number of carbonyl (C=O) groups excluding carboxylic acids is 1. The highest BCUT2D eigenvalue weighted by atomic mass is 127. The van der Waals surface area contributed by atoms with Crippen molar-refractivity contribution in [2.75, 3.05) is 6.61 Å². The van der Waals surface area contributed by atoms with Crippen molar-refractivity contribution >= 4 is 51.2 Å². The molecule has 64 valence electrons. The van der Waals surface area contributed by atoms with E-state index in [4.69, 9.17) is 4.74 Å². The fraction of sp³-hybridized carbons (Fsp3) is 0.857. The quantitative estimate of drug-likeness (QED) is 0.418. The molecule has 1 atom stereocenters. The molecule has 1 aliphatic rings. The van der Waals surface area contributed by atoms with Crippen molar-refractivity contribution in [2.24, 2.45) is 5.41 Å².